The quantitative estimate of drug-likeness (QED) is 0.767. The maximum Gasteiger partial charge on any atom is 0.236 e. The first-order valence-corrected chi connectivity index (χ1v) is 10.5. The van der Waals surface area contributed by atoms with Crippen LogP contribution in [0.2, 0.25) is 0 Å². The second kappa shape index (κ2) is 9.29. The second-order valence-electron chi connectivity index (χ2n) is 8.18. The summed E-state index contributed by atoms with van der Waals surface area (Å²) in [5.74, 6) is 1.51. The van der Waals surface area contributed by atoms with E-state index in [0.717, 1.165) is 43.9 Å². The van der Waals surface area contributed by atoms with Crippen LogP contribution >= 0.6 is 0 Å². The number of nitrogens with zero attached hydrogens (tertiary/aromatic N) is 3. The predicted octanol–water partition coefficient (Wildman–Crippen LogP) is 2.36. The Bertz CT molecular complexity index is 896. The predicted molar refractivity (Wildman–Crippen MR) is 115 cm³/mol. The highest BCUT2D eigenvalue weighted by molar-refractivity contribution is 5.78. The molecule has 0 aromatic heterocycles. The minimum Gasteiger partial charge on any atom is -0.489 e. The van der Waals surface area contributed by atoms with Gasteiger partial charge in [-0.25, -0.2) is 0 Å². The van der Waals surface area contributed by atoms with Gasteiger partial charge >= 0.3 is 0 Å². The molecule has 2 atom stereocenters. The van der Waals surface area contributed by atoms with Gasteiger partial charge in [0, 0.05) is 38.1 Å². The molecule has 4 rings (SSSR count). The lowest BCUT2D eigenvalue weighted by molar-refractivity contribution is -0.131. The molecule has 2 fully saturated rings. The first-order valence-electron chi connectivity index (χ1n) is 10.5. The van der Waals surface area contributed by atoms with Gasteiger partial charge in [-0.3, -0.25) is 4.79 Å². The first-order chi connectivity index (χ1) is 14.6. The first kappa shape index (κ1) is 20.4. The van der Waals surface area contributed by atoms with E-state index in [2.05, 4.69) is 35.5 Å². The summed E-state index contributed by atoms with van der Waals surface area (Å²) in [6.07, 6.45) is 1.07. The molecule has 1 saturated heterocycles. The van der Waals surface area contributed by atoms with E-state index in [4.69, 9.17) is 10.00 Å². The normalized spacial score (nSPS) is 21.1. The number of nitrogens with one attached hydrogen (secondary N) is 1. The smallest absolute Gasteiger partial charge is 0.236 e. The van der Waals surface area contributed by atoms with Crippen LogP contribution in [0.3, 0.4) is 0 Å². The average molecular weight is 405 g/mol. The Kier molecular flexibility index (Phi) is 6.32. The molecular weight excluding hydrogens is 376 g/mol. The van der Waals surface area contributed by atoms with Crippen molar-refractivity contribution in [1.82, 2.24) is 15.1 Å². The Hall–Kier alpha value is -2.88. The molecule has 2 aromatic carbocycles. The topological polar surface area (TPSA) is 68.6 Å². The van der Waals surface area contributed by atoms with Crippen molar-refractivity contribution in [2.24, 2.45) is 0 Å². The zero-order valence-electron chi connectivity index (χ0n) is 17.4. The zero-order valence-corrected chi connectivity index (χ0v) is 17.4. The molecule has 1 amide bonds. The molecule has 6 nitrogen and oxygen atoms in total. The molecule has 1 unspecified atom stereocenters. The number of benzene rings is 2. The number of carbonyl (C=O) groups is 1. The standard InChI is InChI=1S/C24H28N4O2/c1-27-10-12-28(13-11-27)24(29)16-26-23-14-22(23)20-6-8-21(9-7-20)30-17-19-4-2-18(15-25)3-5-19/h2-9,22-23,26H,10-14,16-17H2,1H3/t22?,23-/m0/s1. The van der Waals surface area contributed by atoms with Gasteiger partial charge in [-0.15, -0.1) is 0 Å². The van der Waals surface area contributed by atoms with Gasteiger partial charge in [-0.1, -0.05) is 24.3 Å². The third-order valence-electron chi connectivity index (χ3n) is 5.96. The minimum absolute atomic E-state index is 0.209. The van der Waals surface area contributed by atoms with Gasteiger partial charge < -0.3 is 19.9 Å². The largest absolute Gasteiger partial charge is 0.489 e. The Morgan fingerprint density at radius 3 is 2.47 bits per heavy atom. The molecule has 2 aromatic rings. The van der Waals surface area contributed by atoms with Crippen LogP contribution in [0.25, 0.3) is 0 Å². The number of rotatable bonds is 7. The highest BCUT2D eigenvalue weighted by Gasteiger charge is 2.38. The lowest BCUT2D eigenvalue weighted by atomic mass is 10.1. The van der Waals surface area contributed by atoms with Crippen molar-refractivity contribution in [3.8, 4) is 11.8 Å². The van der Waals surface area contributed by atoms with E-state index in [0.29, 0.717) is 30.7 Å². The van der Waals surface area contributed by atoms with Crippen LogP contribution in [0, 0.1) is 11.3 Å². The third-order valence-corrected chi connectivity index (χ3v) is 5.96. The SMILES string of the molecule is CN1CCN(C(=O)CN[C@H]2CC2c2ccc(OCc3ccc(C#N)cc3)cc2)CC1. The van der Waals surface area contributed by atoms with E-state index in [1.54, 1.807) is 12.1 Å². The fraction of sp³-hybridized carbons (Fsp3) is 0.417. The monoisotopic (exact) mass is 404 g/mol. The molecule has 1 N–H and O–H groups in total. The Morgan fingerprint density at radius 2 is 1.80 bits per heavy atom. The van der Waals surface area contributed by atoms with Crippen molar-refractivity contribution in [2.45, 2.75) is 25.0 Å². The number of ether oxygens (including phenoxy) is 1. The van der Waals surface area contributed by atoms with Crippen molar-refractivity contribution >= 4 is 5.91 Å². The fourth-order valence-electron chi connectivity index (χ4n) is 3.83. The van der Waals surface area contributed by atoms with Crippen LogP contribution in [-0.4, -0.2) is 61.5 Å². The van der Waals surface area contributed by atoms with E-state index in [1.165, 1.54) is 5.56 Å². The van der Waals surface area contributed by atoms with Gasteiger partial charge in [0.25, 0.3) is 0 Å². The Balaban J connectivity index is 1.20. The van der Waals surface area contributed by atoms with E-state index in [9.17, 15) is 4.79 Å². The minimum atomic E-state index is 0.209. The van der Waals surface area contributed by atoms with Crippen LogP contribution in [0.15, 0.2) is 48.5 Å². The zero-order chi connectivity index (χ0) is 20.9. The van der Waals surface area contributed by atoms with Gasteiger partial charge in [-0.2, -0.15) is 5.26 Å². The van der Waals surface area contributed by atoms with E-state index < -0.39 is 0 Å². The fourth-order valence-corrected chi connectivity index (χ4v) is 3.83. The van der Waals surface area contributed by atoms with E-state index in [-0.39, 0.29) is 5.91 Å². The average Bonchev–Trinajstić information content (AvgIpc) is 3.57. The lowest BCUT2D eigenvalue weighted by Crippen LogP contribution is -2.49. The van der Waals surface area contributed by atoms with Crippen LogP contribution in [-0.2, 0) is 11.4 Å². The maximum absolute atomic E-state index is 12.4. The second-order valence-corrected chi connectivity index (χ2v) is 8.18. The number of piperazine rings is 1. The molecule has 30 heavy (non-hydrogen) atoms. The van der Waals surface area contributed by atoms with Crippen LogP contribution < -0.4 is 10.1 Å². The Labute approximate surface area is 178 Å². The van der Waals surface area contributed by atoms with Crippen molar-refractivity contribution in [2.75, 3.05) is 39.8 Å². The van der Waals surface area contributed by atoms with Crippen molar-refractivity contribution in [1.29, 1.82) is 5.26 Å². The number of nitriles is 1. The molecule has 0 spiro atoms. The van der Waals surface area contributed by atoms with Crippen molar-refractivity contribution in [3.63, 3.8) is 0 Å². The number of hydrogen-bond acceptors (Lipinski definition) is 5. The summed E-state index contributed by atoms with van der Waals surface area (Å²) in [6, 6.07) is 18.2. The van der Waals surface area contributed by atoms with E-state index >= 15 is 0 Å². The van der Waals surface area contributed by atoms with Crippen LogP contribution in [0.1, 0.15) is 29.0 Å². The summed E-state index contributed by atoms with van der Waals surface area (Å²) in [6.45, 7) is 4.47. The molecule has 0 bridgehead atoms. The third kappa shape index (κ3) is 5.18. The van der Waals surface area contributed by atoms with Gasteiger partial charge in [0.05, 0.1) is 18.2 Å². The number of carbonyl (C=O) groups excluding carboxylic acids is 1. The maximum atomic E-state index is 12.4. The highest BCUT2D eigenvalue weighted by Crippen LogP contribution is 2.41. The molecule has 156 valence electrons. The summed E-state index contributed by atoms with van der Waals surface area (Å²) in [7, 11) is 2.10. The summed E-state index contributed by atoms with van der Waals surface area (Å²) >= 11 is 0. The van der Waals surface area contributed by atoms with Crippen LogP contribution in [0.5, 0.6) is 5.75 Å². The summed E-state index contributed by atoms with van der Waals surface area (Å²) in [4.78, 5) is 16.6. The number of hydrogen-bond donors (Lipinski definition) is 1. The molecule has 2 aliphatic rings. The molecule has 0 radical (unpaired) electrons. The molecule has 1 aliphatic heterocycles. The van der Waals surface area contributed by atoms with Gasteiger partial charge in [0.15, 0.2) is 0 Å². The Morgan fingerprint density at radius 1 is 1.10 bits per heavy atom. The van der Waals surface area contributed by atoms with Gasteiger partial charge in [0.2, 0.25) is 5.91 Å². The lowest BCUT2D eigenvalue weighted by Gasteiger charge is -2.32. The number of amides is 1. The molecule has 6 heteroatoms. The van der Waals surface area contributed by atoms with Crippen LogP contribution in [0.4, 0.5) is 0 Å². The highest BCUT2D eigenvalue weighted by atomic mass is 16.5. The van der Waals surface area contributed by atoms with Gasteiger partial charge in [0.1, 0.15) is 12.4 Å². The van der Waals surface area contributed by atoms with Crippen molar-refractivity contribution in [3.05, 3.63) is 65.2 Å². The molecule has 1 saturated carbocycles. The van der Waals surface area contributed by atoms with Gasteiger partial charge in [-0.05, 0) is 48.9 Å². The number of likely N-dealkylation sites (N-methyl/N-ethyl adjacent to an activating group) is 1. The summed E-state index contributed by atoms with van der Waals surface area (Å²) in [5.41, 5.74) is 2.97. The van der Waals surface area contributed by atoms with Crippen molar-refractivity contribution < 1.29 is 9.53 Å². The summed E-state index contributed by atoms with van der Waals surface area (Å²) in [5, 5.41) is 12.3. The molecule has 1 heterocycles. The molecular formula is C24H28N4O2. The summed E-state index contributed by atoms with van der Waals surface area (Å²) < 4.78 is 5.85. The van der Waals surface area contributed by atoms with E-state index in [1.807, 2.05) is 29.2 Å². The molecule has 1 aliphatic carbocycles.